The van der Waals surface area contributed by atoms with Crippen LogP contribution in [0.2, 0.25) is 0 Å². The fourth-order valence-corrected chi connectivity index (χ4v) is 4.27. The maximum Gasteiger partial charge on any atom is 0.214 e. The molecule has 132 valence electrons. The van der Waals surface area contributed by atoms with Crippen molar-refractivity contribution in [3.8, 4) is 11.9 Å². The summed E-state index contributed by atoms with van der Waals surface area (Å²) in [6.07, 6.45) is 5.38. The molecule has 0 N–H and O–H groups in total. The van der Waals surface area contributed by atoms with Crippen molar-refractivity contribution in [2.45, 2.75) is 19.8 Å². The van der Waals surface area contributed by atoms with Crippen LogP contribution in [0.1, 0.15) is 24.0 Å². The van der Waals surface area contributed by atoms with Crippen LogP contribution < -0.4 is 9.64 Å². The van der Waals surface area contributed by atoms with Gasteiger partial charge in [0.1, 0.15) is 12.1 Å². The van der Waals surface area contributed by atoms with Gasteiger partial charge in [0.15, 0.2) is 0 Å². The van der Waals surface area contributed by atoms with E-state index in [0.29, 0.717) is 24.0 Å². The molecule has 0 aromatic carbocycles. The molecule has 0 atom stereocenters. The number of thiophene rings is 1. The van der Waals surface area contributed by atoms with Crippen molar-refractivity contribution in [2.75, 3.05) is 24.6 Å². The number of ether oxygens (including phenoxy) is 1. The fraction of sp³-hybridized carbons (Fsp3) is 0.368. The Bertz CT molecular complexity index is 956. The zero-order chi connectivity index (χ0) is 17.9. The Balaban J connectivity index is 1.37. The summed E-state index contributed by atoms with van der Waals surface area (Å²) in [5, 5.41) is 11.1. The third-order valence-electron chi connectivity index (χ3n) is 4.76. The quantitative estimate of drug-likeness (QED) is 0.704. The van der Waals surface area contributed by atoms with Gasteiger partial charge in [0.25, 0.3) is 0 Å². The zero-order valence-electron chi connectivity index (χ0n) is 14.6. The molecule has 0 spiro atoms. The van der Waals surface area contributed by atoms with Gasteiger partial charge in [-0.05, 0) is 42.7 Å². The molecular formula is C19H19N5OS. The summed E-state index contributed by atoms with van der Waals surface area (Å²) in [6.45, 7) is 4.65. The molecule has 0 unspecified atom stereocenters. The highest BCUT2D eigenvalue weighted by Gasteiger charge is 2.23. The maximum atomic E-state index is 8.94. The van der Waals surface area contributed by atoms with Crippen molar-refractivity contribution in [3.05, 3.63) is 41.2 Å². The predicted molar refractivity (Wildman–Crippen MR) is 102 cm³/mol. The lowest BCUT2D eigenvalue weighted by molar-refractivity contribution is 0.216. The van der Waals surface area contributed by atoms with Gasteiger partial charge < -0.3 is 9.64 Å². The van der Waals surface area contributed by atoms with E-state index in [2.05, 4.69) is 38.2 Å². The third kappa shape index (κ3) is 3.33. The van der Waals surface area contributed by atoms with Crippen molar-refractivity contribution >= 4 is 27.4 Å². The number of nitrogens with zero attached hydrogens (tertiary/aromatic N) is 5. The normalized spacial score (nSPS) is 15.2. The van der Waals surface area contributed by atoms with Crippen LogP contribution in [0.3, 0.4) is 0 Å². The van der Waals surface area contributed by atoms with E-state index in [4.69, 9.17) is 10.00 Å². The second kappa shape index (κ2) is 7.26. The summed E-state index contributed by atoms with van der Waals surface area (Å²) in [5.41, 5.74) is 2.85. The molecule has 0 aliphatic carbocycles. The second-order valence-corrected chi connectivity index (χ2v) is 7.41. The zero-order valence-corrected chi connectivity index (χ0v) is 15.4. The summed E-state index contributed by atoms with van der Waals surface area (Å²) in [4.78, 5) is 15.5. The highest BCUT2D eigenvalue weighted by Crippen LogP contribution is 2.32. The van der Waals surface area contributed by atoms with E-state index in [9.17, 15) is 0 Å². The number of fused-ring (bicyclic) bond motifs is 1. The molecule has 0 bridgehead atoms. The van der Waals surface area contributed by atoms with Crippen LogP contribution in [0.5, 0.6) is 5.88 Å². The Hall–Kier alpha value is -2.72. The number of hydrogen-bond donors (Lipinski definition) is 0. The smallest absolute Gasteiger partial charge is 0.214 e. The highest BCUT2D eigenvalue weighted by molar-refractivity contribution is 7.18. The molecule has 26 heavy (non-hydrogen) atoms. The minimum Gasteiger partial charge on any atom is -0.477 e. The molecule has 1 saturated heterocycles. The number of anilines is 1. The summed E-state index contributed by atoms with van der Waals surface area (Å²) in [5.74, 6) is 2.06. The topological polar surface area (TPSA) is 74.9 Å². The van der Waals surface area contributed by atoms with Gasteiger partial charge in [-0.2, -0.15) is 5.26 Å². The number of piperidine rings is 1. The van der Waals surface area contributed by atoms with Crippen molar-refractivity contribution in [3.63, 3.8) is 0 Å². The molecule has 3 aromatic rings. The molecule has 1 aliphatic heterocycles. The van der Waals surface area contributed by atoms with Crippen molar-refractivity contribution in [2.24, 2.45) is 5.92 Å². The Labute approximate surface area is 156 Å². The molecular weight excluding hydrogens is 346 g/mol. The van der Waals surface area contributed by atoms with Crippen molar-refractivity contribution in [1.29, 1.82) is 5.26 Å². The molecule has 4 rings (SSSR count). The Kier molecular flexibility index (Phi) is 4.67. The Morgan fingerprint density at radius 3 is 2.96 bits per heavy atom. The van der Waals surface area contributed by atoms with Gasteiger partial charge in [-0.1, -0.05) is 0 Å². The number of aromatic nitrogens is 3. The molecule has 7 heteroatoms. The molecule has 6 nitrogen and oxygen atoms in total. The van der Waals surface area contributed by atoms with Crippen LogP contribution in [0.15, 0.2) is 30.0 Å². The molecule has 3 aromatic heterocycles. The van der Waals surface area contributed by atoms with Crippen LogP contribution in [0, 0.1) is 24.2 Å². The van der Waals surface area contributed by atoms with E-state index in [0.717, 1.165) is 37.3 Å². The molecule has 1 fully saturated rings. The van der Waals surface area contributed by atoms with E-state index >= 15 is 0 Å². The summed E-state index contributed by atoms with van der Waals surface area (Å²) in [6, 6.07) is 5.47. The SMILES string of the molecule is Cc1csc2c(N3CCC(COc4cc(C#N)ccn4)CC3)ncnc12. The fourth-order valence-electron chi connectivity index (χ4n) is 3.25. The number of aryl methyl sites for hydroxylation is 1. The van der Waals surface area contributed by atoms with Crippen LogP contribution in [-0.4, -0.2) is 34.6 Å². The third-order valence-corrected chi connectivity index (χ3v) is 5.84. The van der Waals surface area contributed by atoms with E-state index in [1.54, 1.807) is 36.0 Å². The van der Waals surface area contributed by atoms with Crippen molar-refractivity contribution < 1.29 is 4.74 Å². The van der Waals surface area contributed by atoms with Gasteiger partial charge in [0.05, 0.1) is 28.5 Å². The predicted octanol–water partition coefficient (Wildman–Crippen LogP) is 3.56. The summed E-state index contributed by atoms with van der Waals surface area (Å²) >= 11 is 1.72. The molecule has 4 heterocycles. The van der Waals surface area contributed by atoms with Crippen LogP contribution in [-0.2, 0) is 0 Å². The van der Waals surface area contributed by atoms with Crippen LogP contribution in [0.25, 0.3) is 10.2 Å². The van der Waals surface area contributed by atoms with Gasteiger partial charge in [-0.25, -0.2) is 15.0 Å². The average molecular weight is 365 g/mol. The number of nitriles is 1. The minimum absolute atomic E-state index is 0.487. The lowest BCUT2D eigenvalue weighted by atomic mass is 9.98. The van der Waals surface area contributed by atoms with E-state index in [1.807, 2.05) is 0 Å². The number of pyridine rings is 1. The second-order valence-electron chi connectivity index (χ2n) is 6.53. The first-order chi connectivity index (χ1) is 12.7. The Morgan fingerprint density at radius 2 is 2.15 bits per heavy atom. The lowest BCUT2D eigenvalue weighted by Gasteiger charge is -2.32. The molecule has 0 radical (unpaired) electrons. The van der Waals surface area contributed by atoms with Crippen molar-refractivity contribution in [1.82, 2.24) is 15.0 Å². The summed E-state index contributed by atoms with van der Waals surface area (Å²) in [7, 11) is 0. The Morgan fingerprint density at radius 1 is 1.31 bits per heavy atom. The largest absolute Gasteiger partial charge is 0.477 e. The first-order valence-corrected chi connectivity index (χ1v) is 9.55. The van der Waals surface area contributed by atoms with E-state index in [-0.39, 0.29) is 0 Å². The monoisotopic (exact) mass is 365 g/mol. The van der Waals surface area contributed by atoms with Gasteiger partial charge >= 0.3 is 0 Å². The van der Waals surface area contributed by atoms with Gasteiger partial charge in [0.2, 0.25) is 5.88 Å². The van der Waals surface area contributed by atoms with Gasteiger partial charge in [0, 0.05) is 25.4 Å². The van der Waals surface area contributed by atoms with Crippen LogP contribution in [0.4, 0.5) is 5.82 Å². The molecule has 0 amide bonds. The van der Waals surface area contributed by atoms with Crippen LogP contribution >= 0.6 is 11.3 Å². The van der Waals surface area contributed by atoms with E-state index in [1.165, 1.54) is 10.3 Å². The number of hydrogen-bond acceptors (Lipinski definition) is 7. The summed E-state index contributed by atoms with van der Waals surface area (Å²) < 4.78 is 6.98. The van der Waals surface area contributed by atoms with E-state index < -0.39 is 0 Å². The lowest BCUT2D eigenvalue weighted by Crippen LogP contribution is -2.36. The minimum atomic E-state index is 0.487. The maximum absolute atomic E-state index is 8.94. The highest BCUT2D eigenvalue weighted by atomic mass is 32.1. The molecule has 1 aliphatic rings. The average Bonchev–Trinajstić information content (AvgIpc) is 3.08. The van der Waals surface area contributed by atoms with Gasteiger partial charge in [-0.15, -0.1) is 11.3 Å². The van der Waals surface area contributed by atoms with Gasteiger partial charge in [-0.3, -0.25) is 0 Å². The number of rotatable bonds is 4. The first kappa shape index (κ1) is 16.7. The standard InChI is InChI=1S/C19H19N5OS/c1-13-11-26-18-17(13)22-12-23-19(18)24-6-3-14(4-7-24)10-25-16-8-15(9-20)2-5-21-16/h2,5,8,11-12,14H,3-4,6-7,10H2,1H3. The first-order valence-electron chi connectivity index (χ1n) is 8.67. The molecule has 0 saturated carbocycles.